The molecular formula is C17H20N2OS. The van der Waals surface area contributed by atoms with E-state index in [2.05, 4.69) is 28.7 Å². The van der Waals surface area contributed by atoms with Crippen molar-refractivity contribution in [1.82, 2.24) is 10.3 Å². The highest BCUT2D eigenvalue weighted by molar-refractivity contribution is 7.98. The summed E-state index contributed by atoms with van der Waals surface area (Å²) in [5.74, 6) is 0.972. The van der Waals surface area contributed by atoms with Crippen LogP contribution in [0, 0.1) is 0 Å². The molecule has 2 rings (SSSR count). The highest BCUT2D eigenvalue weighted by Gasteiger charge is 2.13. The molecule has 1 N–H and O–H groups in total. The van der Waals surface area contributed by atoms with Crippen LogP contribution in [0.15, 0.2) is 54.9 Å². The number of aryl methyl sites for hydroxylation is 1. The predicted octanol–water partition coefficient (Wildman–Crippen LogP) is 3.23. The van der Waals surface area contributed by atoms with Gasteiger partial charge in [0.25, 0.3) is 0 Å². The molecule has 0 aliphatic carbocycles. The lowest BCUT2D eigenvalue weighted by Crippen LogP contribution is -2.30. The van der Waals surface area contributed by atoms with E-state index in [0.29, 0.717) is 6.42 Å². The molecule has 1 aromatic carbocycles. The molecule has 1 aromatic heterocycles. The molecule has 21 heavy (non-hydrogen) atoms. The first-order chi connectivity index (χ1) is 10.3. The largest absolute Gasteiger partial charge is 0.348 e. The summed E-state index contributed by atoms with van der Waals surface area (Å²) < 4.78 is 0. The highest BCUT2D eigenvalue weighted by atomic mass is 32.2. The van der Waals surface area contributed by atoms with E-state index in [0.717, 1.165) is 23.3 Å². The Hall–Kier alpha value is -1.81. The van der Waals surface area contributed by atoms with Crippen LogP contribution in [0.3, 0.4) is 0 Å². The van der Waals surface area contributed by atoms with Gasteiger partial charge in [-0.3, -0.25) is 9.78 Å². The fourth-order valence-corrected chi connectivity index (χ4v) is 2.76. The first-order valence-electron chi connectivity index (χ1n) is 7.01. The second-order valence-electron chi connectivity index (χ2n) is 4.84. The Balaban J connectivity index is 1.89. The maximum Gasteiger partial charge on any atom is 0.220 e. The molecule has 110 valence electrons. The lowest BCUT2D eigenvalue weighted by molar-refractivity contribution is -0.121. The van der Waals surface area contributed by atoms with Crippen molar-refractivity contribution < 1.29 is 4.79 Å². The molecule has 0 saturated carbocycles. The number of rotatable bonds is 7. The average molecular weight is 300 g/mol. The lowest BCUT2D eigenvalue weighted by Gasteiger charge is -2.18. The second kappa shape index (κ2) is 8.47. The third kappa shape index (κ3) is 5.23. The van der Waals surface area contributed by atoms with Crippen molar-refractivity contribution >= 4 is 17.7 Å². The van der Waals surface area contributed by atoms with Crippen molar-refractivity contribution in [3.05, 3.63) is 66.0 Å². The van der Waals surface area contributed by atoms with Crippen molar-refractivity contribution in [2.75, 3.05) is 12.0 Å². The fourth-order valence-electron chi connectivity index (χ4n) is 2.15. The van der Waals surface area contributed by atoms with Crippen LogP contribution in [0.1, 0.15) is 23.6 Å². The summed E-state index contributed by atoms with van der Waals surface area (Å²) >= 11 is 1.74. The van der Waals surface area contributed by atoms with Gasteiger partial charge < -0.3 is 5.32 Å². The number of nitrogens with one attached hydrogen (secondary N) is 1. The molecule has 0 bridgehead atoms. The summed E-state index contributed by atoms with van der Waals surface area (Å²) in [6, 6.07) is 14.1. The number of benzene rings is 1. The van der Waals surface area contributed by atoms with Gasteiger partial charge in [-0.1, -0.05) is 30.3 Å². The summed E-state index contributed by atoms with van der Waals surface area (Å²) in [6.45, 7) is 0. The first-order valence-corrected chi connectivity index (χ1v) is 8.41. The van der Waals surface area contributed by atoms with Crippen LogP contribution in [-0.4, -0.2) is 22.9 Å². The standard InChI is InChI=1S/C17H20N2OS/c1-21-13-16(15-5-3-2-4-6-15)19-17(20)8-7-14-9-11-18-12-10-14/h2-6,9-12,16H,7-8,13H2,1H3,(H,19,20)/t16-/m1/s1. The smallest absolute Gasteiger partial charge is 0.220 e. The van der Waals surface area contributed by atoms with Gasteiger partial charge in [0.2, 0.25) is 5.91 Å². The SMILES string of the molecule is CSC[C@@H](NC(=O)CCc1ccncc1)c1ccccc1. The average Bonchev–Trinajstić information content (AvgIpc) is 2.54. The van der Waals surface area contributed by atoms with Gasteiger partial charge >= 0.3 is 0 Å². The van der Waals surface area contributed by atoms with Crippen molar-refractivity contribution in [3.8, 4) is 0 Å². The van der Waals surface area contributed by atoms with Gasteiger partial charge in [-0.15, -0.1) is 0 Å². The zero-order valence-electron chi connectivity index (χ0n) is 12.2. The molecule has 0 radical (unpaired) electrons. The highest BCUT2D eigenvalue weighted by Crippen LogP contribution is 2.17. The van der Waals surface area contributed by atoms with Gasteiger partial charge in [0.05, 0.1) is 6.04 Å². The van der Waals surface area contributed by atoms with E-state index in [-0.39, 0.29) is 11.9 Å². The van der Waals surface area contributed by atoms with Crippen LogP contribution >= 0.6 is 11.8 Å². The van der Waals surface area contributed by atoms with Crippen molar-refractivity contribution in [2.45, 2.75) is 18.9 Å². The maximum atomic E-state index is 12.1. The Morgan fingerprint density at radius 1 is 1.19 bits per heavy atom. The van der Waals surface area contributed by atoms with E-state index >= 15 is 0 Å². The number of hydrogen-bond donors (Lipinski definition) is 1. The third-order valence-electron chi connectivity index (χ3n) is 3.26. The number of thioether (sulfide) groups is 1. The van der Waals surface area contributed by atoms with Crippen molar-refractivity contribution in [1.29, 1.82) is 0 Å². The van der Waals surface area contributed by atoms with Crippen LogP contribution in [0.5, 0.6) is 0 Å². The van der Waals surface area contributed by atoms with Crippen LogP contribution in [0.2, 0.25) is 0 Å². The maximum absolute atomic E-state index is 12.1. The molecule has 0 saturated heterocycles. The summed E-state index contributed by atoms with van der Waals surface area (Å²) in [7, 11) is 0. The zero-order valence-corrected chi connectivity index (χ0v) is 13.0. The molecule has 1 atom stereocenters. The van der Waals surface area contributed by atoms with Crippen LogP contribution in [0.4, 0.5) is 0 Å². The van der Waals surface area contributed by atoms with Crippen molar-refractivity contribution in [3.63, 3.8) is 0 Å². The van der Waals surface area contributed by atoms with Gasteiger partial charge in [0.1, 0.15) is 0 Å². The van der Waals surface area contributed by atoms with E-state index in [1.54, 1.807) is 24.2 Å². The molecular weight excluding hydrogens is 280 g/mol. The first kappa shape index (κ1) is 15.6. The van der Waals surface area contributed by atoms with Crippen molar-refractivity contribution in [2.24, 2.45) is 0 Å². The second-order valence-corrected chi connectivity index (χ2v) is 5.75. The molecule has 1 amide bonds. The number of carbonyl (C=O) groups excluding carboxylic acids is 1. The minimum Gasteiger partial charge on any atom is -0.348 e. The number of amides is 1. The number of hydrogen-bond acceptors (Lipinski definition) is 3. The molecule has 4 heteroatoms. The summed E-state index contributed by atoms with van der Waals surface area (Å²) in [5, 5.41) is 3.13. The van der Waals surface area contributed by atoms with Crippen LogP contribution in [-0.2, 0) is 11.2 Å². The predicted molar refractivity (Wildman–Crippen MR) is 88.3 cm³/mol. The molecule has 0 spiro atoms. The van der Waals surface area contributed by atoms with E-state index in [9.17, 15) is 4.79 Å². The number of nitrogens with zero attached hydrogens (tertiary/aromatic N) is 1. The molecule has 2 aromatic rings. The van der Waals surface area contributed by atoms with Gasteiger partial charge in [-0.25, -0.2) is 0 Å². The normalized spacial score (nSPS) is 11.9. The minimum absolute atomic E-state index is 0.0751. The molecule has 0 fully saturated rings. The Bertz CT molecular complexity index is 545. The molecule has 0 unspecified atom stereocenters. The van der Waals surface area contributed by atoms with Crippen LogP contribution in [0.25, 0.3) is 0 Å². The van der Waals surface area contributed by atoms with E-state index in [1.165, 1.54) is 0 Å². The Morgan fingerprint density at radius 3 is 2.57 bits per heavy atom. The summed E-state index contributed by atoms with van der Waals surface area (Å²) in [4.78, 5) is 16.1. The van der Waals surface area contributed by atoms with Gasteiger partial charge in [0, 0.05) is 24.6 Å². The molecule has 0 aliphatic rings. The monoisotopic (exact) mass is 300 g/mol. The zero-order chi connectivity index (χ0) is 14.9. The van der Waals surface area contributed by atoms with Gasteiger partial charge in [-0.05, 0) is 35.9 Å². The number of aromatic nitrogens is 1. The minimum atomic E-state index is 0.0751. The van der Waals surface area contributed by atoms with E-state index < -0.39 is 0 Å². The quantitative estimate of drug-likeness (QED) is 0.853. The van der Waals surface area contributed by atoms with Crippen LogP contribution < -0.4 is 5.32 Å². The summed E-state index contributed by atoms with van der Waals surface area (Å²) in [5.41, 5.74) is 2.30. The molecule has 1 heterocycles. The number of pyridine rings is 1. The lowest BCUT2D eigenvalue weighted by atomic mass is 10.1. The Morgan fingerprint density at radius 2 is 1.90 bits per heavy atom. The van der Waals surface area contributed by atoms with Gasteiger partial charge in [-0.2, -0.15) is 11.8 Å². The van der Waals surface area contributed by atoms with Gasteiger partial charge in [0.15, 0.2) is 0 Å². The topological polar surface area (TPSA) is 42.0 Å². The number of carbonyl (C=O) groups is 1. The molecule has 3 nitrogen and oxygen atoms in total. The fraction of sp³-hybridized carbons (Fsp3) is 0.294. The molecule has 0 aliphatic heterocycles. The Labute approximate surface area is 130 Å². The van der Waals surface area contributed by atoms with E-state index in [1.807, 2.05) is 30.3 Å². The van der Waals surface area contributed by atoms with E-state index in [4.69, 9.17) is 0 Å². The Kier molecular flexibility index (Phi) is 6.28. The summed E-state index contributed by atoms with van der Waals surface area (Å²) in [6.07, 6.45) is 6.82. The third-order valence-corrected chi connectivity index (χ3v) is 3.93.